The van der Waals surface area contributed by atoms with Crippen molar-refractivity contribution in [2.75, 3.05) is 0 Å². The Morgan fingerprint density at radius 1 is 0.708 bits per heavy atom. The molecular formula is C21H25Cl2Ti-. The minimum atomic E-state index is -0.556. The molecule has 0 saturated carbocycles. The third-order valence-corrected chi connectivity index (χ3v) is 4.44. The van der Waals surface area contributed by atoms with Crippen molar-refractivity contribution in [1.29, 1.82) is 0 Å². The summed E-state index contributed by atoms with van der Waals surface area (Å²) < 4.78 is 0. The first-order valence-electron chi connectivity index (χ1n) is 8.18. The molecule has 0 N–H and O–H groups in total. The summed E-state index contributed by atoms with van der Waals surface area (Å²) in [6, 6.07) is 16.2. The molecule has 0 aromatic heterocycles. The molecule has 0 nitrogen and oxygen atoms in total. The van der Waals surface area contributed by atoms with E-state index >= 15 is 0 Å². The number of benzene rings is 2. The van der Waals surface area contributed by atoms with Crippen molar-refractivity contribution in [1.82, 2.24) is 0 Å². The van der Waals surface area contributed by atoms with Gasteiger partial charge >= 0.3 is 35.6 Å². The van der Waals surface area contributed by atoms with Gasteiger partial charge in [-0.05, 0) is 10.8 Å². The van der Waals surface area contributed by atoms with Crippen molar-refractivity contribution >= 4 is 40.2 Å². The molecule has 0 atom stereocenters. The molecule has 0 bridgehead atoms. The maximum absolute atomic E-state index is 4.89. The standard InChI is InChI=1S/C21H25.2ClH.Ti/c1-20(2,3)16-7-9-18-14(12-16)11-15-13-17(21(4,5)6)8-10-19(15)18;;;/h7-13H,1-6H3;2*1H;/q-1;;;+2/p-2. The van der Waals surface area contributed by atoms with Gasteiger partial charge in [0.25, 0.3) is 0 Å². The summed E-state index contributed by atoms with van der Waals surface area (Å²) in [7, 11) is 9.78. The van der Waals surface area contributed by atoms with E-state index in [1.807, 2.05) is 0 Å². The molecule has 0 spiro atoms. The van der Waals surface area contributed by atoms with Gasteiger partial charge in [-0.3, -0.25) is 0 Å². The predicted octanol–water partition coefficient (Wildman–Crippen LogP) is 7.68. The molecule has 0 radical (unpaired) electrons. The molecule has 3 rings (SSSR count). The van der Waals surface area contributed by atoms with Crippen molar-refractivity contribution in [3.8, 4) is 0 Å². The molecule has 3 heteroatoms. The van der Waals surface area contributed by atoms with Crippen LogP contribution in [0.2, 0.25) is 0 Å². The fourth-order valence-corrected chi connectivity index (χ4v) is 2.96. The minimum absolute atomic E-state index is 0.203. The van der Waals surface area contributed by atoms with E-state index in [1.165, 1.54) is 32.7 Å². The van der Waals surface area contributed by atoms with Crippen LogP contribution in [0.15, 0.2) is 42.5 Å². The van der Waals surface area contributed by atoms with E-state index in [1.54, 1.807) is 0 Å². The molecule has 0 unspecified atom stereocenters. The third kappa shape index (κ3) is 4.41. The fraction of sp³-hybridized carbons (Fsp3) is 0.381. The molecule has 0 saturated heterocycles. The van der Waals surface area contributed by atoms with Gasteiger partial charge in [0, 0.05) is 0 Å². The third-order valence-electron chi connectivity index (χ3n) is 4.44. The number of hydrogen-bond acceptors (Lipinski definition) is 0. The molecular weight excluding hydrogens is 371 g/mol. The first kappa shape index (κ1) is 19.9. The molecule has 0 amide bonds. The van der Waals surface area contributed by atoms with E-state index in [0.29, 0.717) is 0 Å². The summed E-state index contributed by atoms with van der Waals surface area (Å²) >= 11 is -0.556. The number of hydrogen-bond donors (Lipinski definition) is 0. The van der Waals surface area contributed by atoms with Gasteiger partial charge in [-0.1, -0.05) is 76.9 Å². The first-order chi connectivity index (χ1) is 11.1. The van der Waals surface area contributed by atoms with Crippen LogP contribution in [0.1, 0.15) is 52.7 Å². The Kier molecular flexibility index (Phi) is 6.19. The molecule has 3 aromatic rings. The van der Waals surface area contributed by atoms with Gasteiger partial charge in [0.2, 0.25) is 0 Å². The average molecular weight is 396 g/mol. The van der Waals surface area contributed by atoms with Crippen molar-refractivity contribution in [3.63, 3.8) is 0 Å². The number of rotatable bonds is 0. The summed E-state index contributed by atoms with van der Waals surface area (Å²) in [5.41, 5.74) is 3.21. The normalized spacial score (nSPS) is 12.2. The van der Waals surface area contributed by atoms with Crippen LogP contribution >= 0.6 is 18.6 Å². The molecule has 0 fully saturated rings. The number of halogens is 2. The predicted molar refractivity (Wildman–Crippen MR) is 106 cm³/mol. The van der Waals surface area contributed by atoms with Crippen molar-refractivity contribution < 1.29 is 17.0 Å². The summed E-state index contributed by atoms with van der Waals surface area (Å²) in [6.07, 6.45) is 0. The van der Waals surface area contributed by atoms with Crippen LogP contribution in [0.25, 0.3) is 21.5 Å². The summed E-state index contributed by atoms with van der Waals surface area (Å²) in [5.74, 6) is 0. The van der Waals surface area contributed by atoms with Crippen molar-refractivity contribution in [3.05, 3.63) is 53.6 Å². The summed E-state index contributed by atoms with van der Waals surface area (Å²) in [5, 5.41) is 5.48. The molecule has 3 aromatic carbocycles. The zero-order valence-corrected chi connectivity index (χ0v) is 18.4. The molecule has 0 heterocycles. The Bertz CT molecular complexity index is 764. The molecule has 0 aliphatic carbocycles. The van der Waals surface area contributed by atoms with Gasteiger partial charge in [-0.15, -0.1) is 39.7 Å². The second-order valence-corrected chi connectivity index (χ2v) is 10.9. The van der Waals surface area contributed by atoms with Gasteiger partial charge in [-0.2, -0.15) is 0 Å². The van der Waals surface area contributed by atoms with Gasteiger partial charge in [0.1, 0.15) is 0 Å². The van der Waals surface area contributed by atoms with Gasteiger partial charge in [-0.25, -0.2) is 0 Å². The van der Waals surface area contributed by atoms with E-state index in [9.17, 15) is 0 Å². The van der Waals surface area contributed by atoms with Crippen LogP contribution < -0.4 is 0 Å². The summed E-state index contributed by atoms with van der Waals surface area (Å²) in [4.78, 5) is 0. The van der Waals surface area contributed by atoms with Gasteiger partial charge in [0.15, 0.2) is 0 Å². The van der Waals surface area contributed by atoms with E-state index in [2.05, 4.69) is 84.0 Å². The van der Waals surface area contributed by atoms with E-state index < -0.39 is 17.0 Å². The Balaban J connectivity index is 0.000000647. The Morgan fingerprint density at radius 3 is 1.33 bits per heavy atom. The quantitative estimate of drug-likeness (QED) is 0.270. The zero-order valence-electron chi connectivity index (χ0n) is 15.3. The van der Waals surface area contributed by atoms with Crippen molar-refractivity contribution in [2.45, 2.75) is 52.4 Å². The van der Waals surface area contributed by atoms with Crippen LogP contribution in [0.4, 0.5) is 0 Å². The Morgan fingerprint density at radius 2 is 1.04 bits per heavy atom. The first-order valence-corrected chi connectivity index (χ1v) is 12.5. The van der Waals surface area contributed by atoms with E-state index in [-0.39, 0.29) is 10.8 Å². The Labute approximate surface area is 162 Å². The van der Waals surface area contributed by atoms with Crippen LogP contribution in [0.5, 0.6) is 0 Å². The van der Waals surface area contributed by atoms with Crippen LogP contribution in [-0.4, -0.2) is 0 Å². The van der Waals surface area contributed by atoms with Gasteiger partial charge < -0.3 is 0 Å². The number of fused-ring (bicyclic) bond motifs is 3. The Hall–Kier alpha value is -0.396. The fourth-order valence-electron chi connectivity index (χ4n) is 2.96. The maximum atomic E-state index is 4.89. The average Bonchev–Trinajstić information content (AvgIpc) is 2.82. The van der Waals surface area contributed by atoms with E-state index in [0.717, 1.165) is 0 Å². The molecule has 0 aliphatic rings. The van der Waals surface area contributed by atoms with Gasteiger partial charge in [0.05, 0.1) is 0 Å². The molecule has 128 valence electrons. The van der Waals surface area contributed by atoms with Crippen molar-refractivity contribution in [2.24, 2.45) is 0 Å². The topological polar surface area (TPSA) is 0 Å². The van der Waals surface area contributed by atoms with Crippen LogP contribution in [0, 0.1) is 0 Å². The molecule has 0 aliphatic heterocycles. The summed E-state index contributed by atoms with van der Waals surface area (Å²) in [6.45, 7) is 13.6. The molecule has 24 heavy (non-hydrogen) atoms. The van der Waals surface area contributed by atoms with Crippen LogP contribution in [0.3, 0.4) is 0 Å². The second-order valence-electron chi connectivity index (χ2n) is 8.32. The SMILES string of the molecule is CC(C)(C)c1ccc2c(c1)[cH-]c1cc(C(C)(C)C)ccc12.[Cl][Ti][Cl]. The van der Waals surface area contributed by atoms with Crippen LogP contribution in [-0.2, 0) is 27.9 Å². The second kappa shape index (κ2) is 7.46. The van der Waals surface area contributed by atoms with E-state index in [4.69, 9.17) is 18.6 Å². The zero-order chi connectivity index (χ0) is 18.1. The monoisotopic (exact) mass is 395 g/mol.